The molecule has 0 aliphatic rings. The van der Waals surface area contributed by atoms with Gasteiger partial charge in [-0.25, -0.2) is 9.41 Å². The van der Waals surface area contributed by atoms with Crippen LogP contribution in [0.3, 0.4) is 0 Å². The molecule has 0 N–H and O–H groups in total. The maximum absolute atomic E-state index is 8.02. The van der Waals surface area contributed by atoms with Crippen LogP contribution in [0.2, 0.25) is 0 Å². The predicted octanol–water partition coefficient (Wildman–Crippen LogP) is 7.90. The van der Waals surface area contributed by atoms with Gasteiger partial charge in [0.1, 0.15) is 18.2 Å². The van der Waals surface area contributed by atoms with E-state index in [1.54, 1.807) is 0 Å². The molecule has 0 atom stereocenters. The number of furan rings is 1. The van der Waals surface area contributed by atoms with E-state index in [4.69, 9.17) is 11.0 Å². The van der Waals surface area contributed by atoms with E-state index in [1.165, 1.54) is 11.1 Å². The molecule has 3 heteroatoms. The summed E-state index contributed by atoms with van der Waals surface area (Å²) in [6, 6.07) is 22.8. The zero-order chi connectivity index (χ0) is 23.3. The normalized spacial score (nSPS) is 11.8. The quantitative estimate of drug-likeness (QED) is 0.206. The second-order valence-electron chi connectivity index (χ2n) is 9.69. The lowest BCUT2D eigenvalue weighted by Crippen LogP contribution is -2.30. The molecule has 5 rings (SSSR count). The number of aromatic nitrogens is 1. The lowest BCUT2D eigenvalue weighted by Gasteiger charge is -2.22. The summed E-state index contributed by atoms with van der Waals surface area (Å²) in [5.41, 5.74) is 8.50. The summed E-state index contributed by atoms with van der Waals surface area (Å²) in [7, 11) is 2.05. The van der Waals surface area contributed by atoms with E-state index in [9.17, 15) is 0 Å². The van der Waals surface area contributed by atoms with Crippen molar-refractivity contribution >= 4 is 27.6 Å². The number of nitrogens with zero attached hydrogens (tertiary/aromatic N) is 2. The molecule has 0 fully saturated rings. The molecule has 162 valence electrons. The lowest BCUT2D eigenvalue weighted by molar-refractivity contribution is -0.660. The van der Waals surface area contributed by atoms with Gasteiger partial charge in [-0.05, 0) is 40.7 Å². The summed E-state index contributed by atoms with van der Waals surface area (Å²) in [4.78, 5) is 3.96. The Hall–Kier alpha value is -3.90. The third-order valence-corrected chi connectivity index (χ3v) is 6.40. The first kappa shape index (κ1) is 21.0. The summed E-state index contributed by atoms with van der Waals surface area (Å²) < 4.78 is 8.79. The van der Waals surface area contributed by atoms with Crippen LogP contribution < -0.4 is 4.57 Å². The molecule has 3 aromatic carbocycles. The Kier molecular flexibility index (Phi) is 4.83. The maximum atomic E-state index is 8.02. The average molecular weight is 432 g/mol. The van der Waals surface area contributed by atoms with E-state index in [1.807, 2.05) is 36.4 Å². The third-order valence-electron chi connectivity index (χ3n) is 6.40. The van der Waals surface area contributed by atoms with Gasteiger partial charge < -0.3 is 4.42 Å². The van der Waals surface area contributed by atoms with Gasteiger partial charge in [-0.2, -0.15) is 0 Å². The van der Waals surface area contributed by atoms with Crippen molar-refractivity contribution in [3.63, 3.8) is 0 Å². The van der Waals surface area contributed by atoms with Gasteiger partial charge in [-0.3, -0.25) is 0 Å². The van der Waals surface area contributed by atoms with Crippen LogP contribution in [0.25, 0.3) is 49.2 Å². The van der Waals surface area contributed by atoms with Crippen LogP contribution in [0.4, 0.5) is 5.69 Å². The van der Waals surface area contributed by atoms with E-state index >= 15 is 0 Å². The summed E-state index contributed by atoms with van der Waals surface area (Å²) >= 11 is 0. The summed E-state index contributed by atoms with van der Waals surface area (Å²) in [6.07, 6.45) is 2.05. The maximum Gasteiger partial charge on any atom is 0.237 e. The fraction of sp³-hybridized carbons (Fsp3) is 0.200. The van der Waals surface area contributed by atoms with Crippen LogP contribution in [0.1, 0.15) is 31.9 Å². The molecule has 0 saturated carbocycles. The van der Waals surface area contributed by atoms with E-state index in [2.05, 4.69) is 80.7 Å². The highest BCUT2D eigenvalue weighted by Gasteiger charge is 2.28. The standard InChI is InChI=1S/C30H27N2O/c1-19-18-23(30(2,3)4)26-22-16-15-21(20-12-8-7-9-13-20)27(31-5)28(22)33-29(26)25(19)24-14-10-11-17-32(24)6/h7-18H,1-4,6H3/q+1. The van der Waals surface area contributed by atoms with Gasteiger partial charge in [0, 0.05) is 22.9 Å². The lowest BCUT2D eigenvalue weighted by atomic mass is 9.81. The van der Waals surface area contributed by atoms with E-state index < -0.39 is 0 Å². The molecule has 0 aliphatic carbocycles. The molecule has 0 saturated heterocycles. The highest BCUT2D eigenvalue weighted by Crippen LogP contribution is 2.47. The van der Waals surface area contributed by atoms with Gasteiger partial charge in [-0.15, -0.1) is 0 Å². The Labute approximate surface area is 194 Å². The number of aryl methyl sites for hydroxylation is 2. The first-order valence-electron chi connectivity index (χ1n) is 11.2. The summed E-state index contributed by atoms with van der Waals surface area (Å²) in [5.74, 6) is 0. The molecular weight excluding hydrogens is 404 g/mol. The van der Waals surface area contributed by atoms with Gasteiger partial charge in [0.05, 0.1) is 12.1 Å². The van der Waals surface area contributed by atoms with E-state index in [0.717, 1.165) is 38.7 Å². The third kappa shape index (κ3) is 3.31. The molecular formula is C30H27N2O+. The highest BCUT2D eigenvalue weighted by atomic mass is 16.3. The van der Waals surface area contributed by atoms with Crippen LogP contribution >= 0.6 is 0 Å². The van der Waals surface area contributed by atoms with Crippen LogP contribution in [0, 0.1) is 13.5 Å². The monoisotopic (exact) mass is 431 g/mol. The van der Waals surface area contributed by atoms with Gasteiger partial charge in [0.15, 0.2) is 6.20 Å². The second-order valence-corrected chi connectivity index (χ2v) is 9.69. The van der Waals surface area contributed by atoms with Gasteiger partial charge in [0.2, 0.25) is 11.4 Å². The van der Waals surface area contributed by atoms with Crippen LogP contribution in [0.5, 0.6) is 0 Å². The zero-order valence-electron chi connectivity index (χ0n) is 19.7. The number of hydrogen-bond donors (Lipinski definition) is 0. The molecule has 0 aliphatic heterocycles. The number of hydrogen-bond acceptors (Lipinski definition) is 1. The summed E-state index contributed by atoms with van der Waals surface area (Å²) in [5, 5.41) is 2.10. The molecule has 0 bridgehead atoms. The smallest absolute Gasteiger partial charge is 0.237 e. The van der Waals surface area contributed by atoms with Gasteiger partial charge in [0.25, 0.3) is 0 Å². The van der Waals surface area contributed by atoms with Crippen LogP contribution in [-0.2, 0) is 12.5 Å². The number of rotatable bonds is 2. The van der Waals surface area contributed by atoms with Crippen molar-refractivity contribution < 1.29 is 8.98 Å². The Bertz CT molecular complexity index is 1560. The number of benzene rings is 3. The van der Waals surface area contributed by atoms with Crippen LogP contribution in [0.15, 0.2) is 77.3 Å². The van der Waals surface area contributed by atoms with Crippen molar-refractivity contribution in [1.82, 2.24) is 0 Å². The van der Waals surface area contributed by atoms with Gasteiger partial charge >= 0.3 is 0 Å². The average Bonchev–Trinajstić information content (AvgIpc) is 3.17. The number of fused-ring (bicyclic) bond motifs is 3. The fourth-order valence-electron chi connectivity index (χ4n) is 4.78. The van der Waals surface area contributed by atoms with Crippen molar-refractivity contribution in [2.24, 2.45) is 7.05 Å². The minimum absolute atomic E-state index is 0.0758. The van der Waals surface area contributed by atoms with Crippen molar-refractivity contribution in [1.29, 1.82) is 0 Å². The van der Waals surface area contributed by atoms with Crippen molar-refractivity contribution in [3.8, 4) is 22.4 Å². The number of pyridine rings is 1. The molecule has 3 nitrogen and oxygen atoms in total. The first-order chi connectivity index (χ1) is 15.8. The Morgan fingerprint density at radius 3 is 2.30 bits per heavy atom. The fourth-order valence-corrected chi connectivity index (χ4v) is 4.78. The molecule has 33 heavy (non-hydrogen) atoms. The zero-order valence-corrected chi connectivity index (χ0v) is 19.7. The van der Waals surface area contributed by atoms with E-state index in [0.29, 0.717) is 11.3 Å². The Balaban J connectivity index is 1.97. The molecule has 5 aromatic rings. The van der Waals surface area contributed by atoms with E-state index in [-0.39, 0.29) is 5.41 Å². The van der Waals surface area contributed by atoms with Crippen LogP contribution in [-0.4, -0.2) is 0 Å². The molecule has 2 heterocycles. The van der Waals surface area contributed by atoms with Crippen molar-refractivity contribution in [2.75, 3.05) is 0 Å². The molecule has 0 spiro atoms. The minimum Gasteiger partial charge on any atom is -0.466 e. The molecule has 2 aromatic heterocycles. The Morgan fingerprint density at radius 1 is 0.909 bits per heavy atom. The molecule has 0 unspecified atom stereocenters. The Morgan fingerprint density at radius 2 is 1.64 bits per heavy atom. The molecule has 0 radical (unpaired) electrons. The first-order valence-corrected chi connectivity index (χ1v) is 11.2. The highest BCUT2D eigenvalue weighted by molar-refractivity contribution is 6.16. The molecule has 0 amide bonds. The van der Waals surface area contributed by atoms with Crippen molar-refractivity contribution in [2.45, 2.75) is 33.1 Å². The SMILES string of the molecule is [C-]#[N+]c1c(-c2ccccc2)ccc2c1oc1c(-c3cccc[n+]3C)c(C)cc(C(C)(C)C)c12. The predicted molar refractivity (Wildman–Crippen MR) is 135 cm³/mol. The minimum atomic E-state index is -0.0758. The van der Waals surface area contributed by atoms with Crippen molar-refractivity contribution in [3.05, 3.63) is 95.5 Å². The second kappa shape index (κ2) is 7.60. The largest absolute Gasteiger partial charge is 0.466 e. The topological polar surface area (TPSA) is 21.4 Å². The van der Waals surface area contributed by atoms with Gasteiger partial charge in [-0.1, -0.05) is 69.3 Å². The summed E-state index contributed by atoms with van der Waals surface area (Å²) in [6.45, 7) is 16.9.